The predicted octanol–water partition coefficient (Wildman–Crippen LogP) is 3.51. The van der Waals surface area contributed by atoms with Crippen LogP contribution in [0.25, 0.3) is 5.69 Å². The molecule has 2 aromatic carbocycles. The van der Waals surface area contributed by atoms with Gasteiger partial charge in [-0.05, 0) is 50.5 Å². The van der Waals surface area contributed by atoms with E-state index in [0.29, 0.717) is 29.5 Å². The summed E-state index contributed by atoms with van der Waals surface area (Å²) in [7, 11) is -3.56. The van der Waals surface area contributed by atoms with Gasteiger partial charge in [-0.1, -0.05) is 35.9 Å². The largest absolute Gasteiger partial charge is 0.336 e. The van der Waals surface area contributed by atoms with Gasteiger partial charge in [0.15, 0.2) is 0 Å². The zero-order chi connectivity index (χ0) is 23.2. The van der Waals surface area contributed by atoms with Crippen LogP contribution in [0.4, 0.5) is 0 Å². The van der Waals surface area contributed by atoms with Crippen LogP contribution in [0.3, 0.4) is 0 Å². The highest BCUT2D eigenvalue weighted by molar-refractivity contribution is 7.89. The van der Waals surface area contributed by atoms with Crippen molar-refractivity contribution < 1.29 is 13.2 Å². The summed E-state index contributed by atoms with van der Waals surface area (Å²) in [4.78, 5) is 15.5. The van der Waals surface area contributed by atoms with Crippen molar-refractivity contribution >= 4 is 15.9 Å². The van der Waals surface area contributed by atoms with E-state index in [-0.39, 0.29) is 19.0 Å². The Kier molecular flexibility index (Phi) is 5.58. The molecule has 2 aliphatic rings. The van der Waals surface area contributed by atoms with E-state index in [1.807, 2.05) is 42.8 Å². The van der Waals surface area contributed by atoms with Crippen LogP contribution in [0.1, 0.15) is 45.9 Å². The van der Waals surface area contributed by atoms with Gasteiger partial charge in [-0.15, -0.1) is 0 Å². The van der Waals surface area contributed by atoms with Crippen molar-refractivity contribution in [1.82, 2.24) is 19.0 Å². The van der Waals surface area contributed by atoms with Crippen LogP contribution in [-0.4, -0.2) is 59.5 Å². The molecule has 5 rings (SSSR count). The number of nitrogens with zero attached hydrogens (tertiary/aromatic N) is 4. The van der Waals surface area contributed by atoms with Crippen molar-refractivity contribution in [2.24, 2.45) is 0 Å². The molecule has 0 N–H and O–H groups in total. The molecule has 2 fully saturated rings. The highest BCUT2D eigenvalue weighted by Crippen LogP contribution is 2.43. The van der Waals surface area contributed by atoms with E-state index in [2.05, 4.69) is 5.10 Å². The molecule has 1 aromatic heterocycles. The maximum absolute atomic E-state index is 13.5. The average molecular weight is 465 g/mol. The van der Waals surface area contributed by atoms with Crippen molar-refractivity contribution in [2.45, 2.75) is 37.5 Å². The van der Waals surface area contributed by atoms with Gasteiger partial charge >= 0.3 is 0 Å². The molecule has 0 unspecified atom stereocenters. The summed E-state index contributed by atoms with van der Waals surface area (Å²) in [5, 5.41) is 4.59. The summed E-state index contributed by atoms with van der Waals surface area (Å²) in [6, 6.07) is 14.9. The molecule has 0 spiro atoms. The summed E-state index contributed by atoms with van der Waals surface area (Å²) in [5.41, 5.74) is 4.73. The van der Waals surface area contributed by atoms with Crippen molar-refractivity contribution in [3.05, 3.63) is 77.1 Å². The third-order valence-corrected chi connectivity index (χ3v) is 8.44. The number of rotatable bonds is 5. The molecular weight excluding hydrogens is 436 g/mol. The van der Waals surface area contributed by atoms with Gasteiger partial charge < -0.3 is 4.90 Å². The molecule has 7 nitrogen and oxygen atoms in total. The quantitative estimate of drug-likeness (QED) is 0.579. The van der Waals surface area contributed by atoms with Crippen LogP contribution in [0.2, 0.25) is 0 Å². The molecule has 3 aromatic rings. The van der Waals surface area contributed by atoms with Crippen LogP contribution in [0.5, 0.6) is 0 Å². The normalized spacial score (nSPS) is 17.3. The van der Waals surface area contributed by atoms with Gasteiger partial charge in [0.25, 0.3) is 5.91 Å². The van der Waals surface area contributed by atoms with Gasteiger partial charge in [-0.2, -0.15) is 9.40 Å². The Bertz CT molecular complexity index is 1290. The fourth-order valence-corrected chi connectivity index (χ4v) is 5.85. The molecule has 172 valence electrons. The van der Waals surface area contributed by atoms with Crippen LogP contribution >= 0.6 is 0 Å². The zero-order valence-electron chi connectivity index (χ0n) is 18.9. The molecule has 1 amide bonds. The van der Waals surface area contributed by atoms with E-state index in [0.717, 1.165) is 35.3 Å². The summed E-state index contributed by atoms with van der Waals surface area (Å²) in [5.74, 6) is 0.276. The number of sulfonamides is 1. The Morgan fingerprint density at radius 2 is 1.61 bits per heavy atom. The predicted molar refractivity (Wildman–Crippen MR) is 126 cm³/mol. The number of piperazine rings is 1. The minimum absolute atomic E-state index is 0.0656. The molecular formula is C25H28N4O3S. The third kappa shape index (κ3) is 4.09. The number of aryl methyl sites for hydroxylation is 2. The molecule has 1 aliphatic carbocycles. The molecule has 0 radical (unpaired) electrons. The number of amides is 1. The maximum atomic E-state index is 13.5. The molecule has 2 heterocycles. The van der Waals surface area contributed by atoms with Gasteiger partial charge in [0.1, 0.15) is 0 Å². The Morgan fingerprint density at radius 3 is 2.24 bits per heavy atom. The molecule has 1 saturated carbocycles. The highest BCUT2D eigenvalue weighted by Gasteiger charge is 2.36. The van der Waals surface area contributed by atoms with E-state index < -0.39 is 10.0 Å². The highest BCUT2D eigenvalue weighted by atomic mass is 32.2. The second-order valence-electron chi connectivity index (χ2n) is 8.93. The topological polar surface area (TPSA) is 75.5 Å². The lowest BCUT2D eigenvalue weighted by Crippen LogP contribution is -2.50. The third-order valence-electron chi connectivity index (χ3n) is 6.53. The molecule has 1 aliphatic heterocycles. The monoisotopic (exact) mass is 464 g/mol. The number of hydrogen-bond acceptors (Lipinski definition) is 4. The van der Waals surface area contributed by atoms with Gasteiger partial charge in [0.05, 0.1) is 28.0 Å². The van der Waals surface area contributed by atoms with Crippen molar-refractivity contribution in [2.75, 3.05) is 26.2 Å². The Morgan fingerprint density at radius 1 is 0.939 bits per heavy atom. The fourth-order valence-electron chi connectivity index (χ4n) is 4.43. The van der Waals surface area contributed by atoms with E-state index in [1.54, 1.807) is 35.4 Å². The Hall–Kier alpha value is -2.97. The smallest absolute Gasteiger partial charge is 0.257 e. The second kappa shape index (κ2) is 8.43. The minimum atomic E-state index is -3.56. The van der Waals surface area contributed by atoms with E-state index in [1.165, 1.54) is 4.31 Å². The average Bonchev–Trinajstić information content (AvgIpc) is 3.57. The number of carbonyl (C=O) groups is 1. The first kappa shape index (κ1) is 21.9. The van der Waals surface area contributed by atoms with E-state index >= 15 is 0 Å². The first-order chi connectivity index (χ1) is 15.9. The summed E-state index contributed by atoms with van der Waals surface area (Å²) in [6.07, 6.45) is 3.79. The van der Waals surface area contributed by atoms with Crippen molar-refractivity contribution in [3.63, 3.8) is 0 Å². The molecule has 0 bridgehead atoms. The second-order valence-corrected chi connectivity index (χ2v) is 10.9. The standard InChI is InChI=1S/C25H28N4O3S/c1-18-7-11-21(12-8-18)33(31,32)28-15-13-27(14-16-28)25(30)22-17-26-29(24(22)20-9-10-20)23-6-4-3-5-19(23)2/h3-8,11-12,17,20H,9-10,13-16H2,1-2H3. The molecule has 1 saturated heterocycles. The summed E-state index contributed by atoms with van der Waals surface area (Å²) < 4.78 is 29.4. The molecule has 33 heavy (non-hydrogen) atoms. The fraction of sp³-hybridized carbons (Fsp3) is 0.360. The maximum Gasteiger partial charge on any atom is 0.257 e. The van der Waals surface area contributed by atoms with Crippen LogP contribution in [-0.2, 0) is 10.0 Å². The van der Waals surface area contributed by atoms with Crippen LogP contribution < -0.4 is 0 Å². The van der Waals surface area contributed by atoms with E-state index in [9.17, 15) is 13.2 Å². The number of para-hydroxylation sites is 1. The number of aromatic nitrogens is 2. The number of benzene rings is 2. The lowest BCUT2D eigenvalue weighted by atomic mass is 10.1. The van der Waals surface area contributed by atoms with Crippen LogP contribution in [0.15, 0.2) is 59.6 Å². The lowest BCUT2D eigenvalue weighted by Gasteiger charge is -2.34. The number of carbonyl (C=O) groups excluding carboxylic acids is 1. The first-order valence-corrected chi connectivity index (χ1v) is 12.8. The zero-order valence-corrected chi connectivity index (χ0v) is 19.8. The number of hydrogen-bond donors (Lipinski definition) is 0. The van der Waals surface area contributed by atoms with Crippen LogP contribution in [0, 0.1) is 13.8 Å². The SMILES string of the molecule is Cc1ccc(S(=O)(=O)N2CCN(C(=O)c3cnn(-c4ccccc4C)c3C3CC3)CC2)cc1. The van der Waals surface area contributed by atoms with Gasteiger partial charge in [0.2, 0.25) is 10.0 Å². The Labute approximate surface area is 194 Å². The lowest BCUT2D eigenvalue weighted by molar-refractivity contribution is 0.0696. The van der Waals surface area contributed by atoms with Gasteiger partial charge in [0, 0.05) is 32.1 Å². The summed E-state index contributed by atoms with van der Waals surface area (Å²) >= 11 is 0. The molecule has 0 atom stereocenters. The van der Waals surface area contributed by atoms with Crippen molar-refractivity contribution in [3.8, 4) is 5.69 Å². The minimum Gasteiger partial charge on any atom is -0.336 e. The van der Waals surface area contributed by atoms with Crippen molar-refractivity contribution in [1.29, 1.82) is 0 Å². The Balaban J connectivity index is 1.35. The first-order valence-electron chi connectivity index (χ1n) is 11.4. The summed E-state index contributed by atoms with van der Waals surface area (Å²) in [6.45, 7) is 5.27. The van der Waals surface area contributed by atoms with Gasteiger partial charge in [-0.25, -0.2) is 13.1 Å². The van der Waals surface area contributed by atoms with E-state index in [4.69, 9.17) is 0 Å². The van der Waals surface area contributed by atoms with Gasteiger partial charge in [-0.3, -0.25) is 4.79 Å². The molecule has 8 heteroatoms.